The average Bonchev–Trinajstić information content (AvgIpc) is 3.70. The van der Waals surface area contributed by atoms with Crippen LogP contribution in [0.5, 0.6) is 0 Å². The predicted molar refractivity (Wildman–Crippen MR) is 253 cm³/mol. The summed E-state index contributed by atoms with van der Waals surface area (Å²) in [4.78, 5) is 2.38. The Balaban J connectivity index is 1.04. The van der Waals surface area contributed by atoms with Crippen molar-refractivity contribution in [3.63, 3.8) is 0 Å². The molecule has 60 heavy (non-hydrogen) atoms. The first-order valence-corrected chi connectivity index (χ1v) is 20.5. The molecule has 0 N–H and O–H groups in total. The summed E-state index contributed by atoms with van der Waals surface area (Å²) in [6.07, 6.45) is 0. The molecule has 0 atom stereocenters. The molecule has 0 aliphatic rings. The predicted octanol–water partition coefficient (Wildman–Crippen LogP) is 16.5. The number of nitrogens with zero attached hydrogens (tertiary/aromatic N) is 1. The van der Waals surface area contributed by atoms with Gasteiger partial charge in [0.05, 0.1) is 5.69 Å². The minimum atomic E-state index is 0.881. The van der Waals surface area contributed by atoms with E-state index in [4.69, 9.17) is 4.42 Å². The molecule has 1 heterocycles. The Bertz CT molecular complexity index is 3230. The summed E-state index contributed by atoms with van der Waals surface area (Å²) in [6, 6.07) is 84.9. The van der Waals surface area contributed by atoms with E-state index in [2.05, 4.69) is 229 Å². The summed E-state index contributed by atoms with van der Waals surface area (Å²) in [5.41, 5.74) is 16.7. The first kappa shape index (κ1) is 35.2. The highest BCUT2D eigenvalue weighted by Gasteiger charge is 2.19. The Morgan fingerprint density at radius 1 is 0.267 bits per heavy atom. The van der Waals surface area contributed by atoms with Crippen molar-refractivity contribution in [1.29, 1.82) is 0 Å². The maximum absolute atomic E-state index is 6.38. The van der Waals surface area contributed by atoms with Crippen molar-refractivity contribution >= 4 is 49.8 Å². The van der Waals surface area contributed by atoms with Crippen LogP contribution in [-0.2, 0) is 0 Å². The molecule has 0 amide bonds. The zero-order chi connectivity index (χ0) is 39.8. The maximum Gasteiger partial charge on any atom is 0.136 e. The average molecular weight is 766 g/mol. The van der Waals surface area contributed by atoms with E-state index < -0.39 is 0 Å². The Hall–Kier alpha value is -7.94. The van der Waals surface area contributed by atoms with Crippen LogP contribution in [0, 0.1) is 0 Å². The van der Waals surface area contributed by atoms with Crippen molar-refractivity contribution in [3.8, 4) is 55.6 Å². The van der Waals surface area contributed by atoms with Gasteiger partial charge in [0.15, 0.2) is 0 Å². The number of para-hydroxylation sites is 2. The Labute approximate surface area is 349 Å². The third kappa shape index (κ3) is 6.51. The second-order valence-electron chi connectivity index (χ2n) is 15.3. The van der Waals surface area contributed by atoms with Gasteiger partial charge in [0.25, 0.3) is 0 Å². The van der Waals surface area contributed by atoms with E-state index in [1.807, 2.05) is 12.1 Å². The Kier molecular flexibility index (Phi) is 8.87. The molecular weight excluding hydrogens is 727 g/mol. The van der Waals surface area contributed by atoms with Crippen LogP contribution in [0.15, 0.2) is 241 Å². The molecular formula is C58H39NO. The van der Waals surface area contributed by atoms with Gasteiger partial charge >= 0.3 is 0 Å². The monoisotopic (exact) mass is 765 g/mol. The highest BCUT2D eigenvalue weighted by atomic mass is 16.3. The van der Waals surface area contributed by atoms with E-state index in [1.165, 1.54) is 49.7 Å². The van der Waals surface area contributed by atoms with Crippen molar-refractivity contribution in [2.24, 2.45) is 0 Å². The maximum atomic E-state index is 6.38. The van der Waals surface area contributed by atoms with E-state index in [9.17, 15) is 0 Å². The van der Waals surface area contributed by atoms with E-state index in [1.54, 1.807) is 0 Å². The van der Waals surface area contributed by atoms with Gasteiger partial charge in [-0.1, -0.05) is 170 Å². The van der Waals surface area contributed by atoms with Gasteiger partial charge in [0.2, 0.25) is 0 Å². The summed E-state index contributed by atoms with van der Waals surface area (Å²) < 4.78 is 6.38. The second kappa shape index (κ2) is 15.1. The molecule has 0 aliphatic heterocycles. The molecule has 1 aromatic heterocycles. The van der Waals surface area contributed by atoms with Crippen LogP contribution < -0.4 is 4.90 Å². The van der Waals surface area contributed by atoms with Crippen LogP contribution in [-0.4, -0.2) is 0 Å². The van der Waals surface area contributed by atoms with E-state index >= 15 is 0 Å². The number of anilines is 3. The van der Waals surface area contributed by atoms with Crippen molar-refractivity contribution in [2.45, 2.75) is 0 Å². The van der Waals surface area contributed by atoms with Crippen molar-refractivity contribution in [1.82, 2.24) is 0 Å². The van der Waals surface area contributed by atoms with E-state index in [-0.39, 0.29) is 0 Å². The molecule has 2 nitrogen and oxygen atoms in total. The topological polar surface area (TPSA) is 16.4 Å². The quantitative estimate of drug-likeness (QED) is 0.153. The number of fused-ring (bicyclic) bond motifs is 4. The van der Waals surface area contributed by atoms with Crippen LogP contribution in [0.2, 0.25) is 0 Å². The summed E-state index contributed by atoms with van der Waals surface area (Å²) in [5.74, 6) is 0. The third-order valence-corrected chi connectivity index (χ3v) is 11.7. The molecule has 0 spiro atoms. The van der Waals surface area contributed by atoms with Crippen LogP contribution in [0.25, 0.3) is 88.3 Å². The van der Waals surface area contributed by atoms with Crippen molar-refractivity contribution in [3.05, 3.63) is 237 Å². The number of hydrogen-bond donors (Lipinski definition) is 0. The molecule has 282 valence electrons. The standard InChI is InChI=1S/C58H39NO/c1-3-14-40(15-4-1)46-36-47(41-16-5-2-6-17-41)38-48(37-46)42-26-31-49(32-27-42)59(50-33-28-44(29-34-50)52-23-13-19-43-18-7-8-20-51(43)52)56-24-11-9-21-53(56)45-30-35-55-54-22-10-12-25-57(54)60-58(55)39-45/h1-39H. The van der Waals surface area contributed by atoms with E-state index in [0.717, 1.165) is 55.7 Å². The van der Waals surface area contributed by atoms with Crippen LogP contribution in [0.1, 0.15) is 0 Å². The number of furan rings is 1. The Morgan fingerprint density at radius 2 is 0.750 bits per heavy atom. The van der Waals surface area contributed by atoms with Gasteiger partial charge in [-0.15, -0.1) is 0 Å². The largest absolute Gasteiger partial charge is 0.456 e. The molecule has 0 radical (unpaired) electrons. The highest BCUT2D eigenvalue weighted by Crippen LogP contribution is 2.44. The lowest BCUT2D eigenvalue weighted by Crippen LogP contribution is -2.11. The number of rotatable bonds is 8. The number of hydrogen-bond acceptors (Lipinski definition) is 2. The molecule has 0 bridgehead atoms. The minimum Gasteiger partial charge on any atom is -0.456 e. The summed E-state index contributed by atoms with van der Waals surface area (Å²) in [7, 11) is 0. The van der Waals surface area contributed by atoms with Gasteiger partial charge in [-0.3, -0.25) is 0 Å². The smallest absolute Gasteiger partial charge is 0.136 e. The zero-order valence-electron chi connectivity index (χ0n) is 32.9. The van der Waals surface area contributed by atoms with E-state index in [0.29, 0.717) is 0 Å². The zero-order valence-corrected chi connectivity index (χ0v) is 32.9. The second-order valence-corrected chi connectivity index (χ2v) is 15.3. The lowest BCUT2D eigenvalue weighted by molar-refractivity contribution is 0.669. The molecule has 11 aromatic rings. The third-order valence-electron chi connectivity index (χ3n) is 11.7. The Morgan fingerprint density at radius 3 is 1.43 bits per heavy atom. The highest BCUT2D eigenvalue weighted by molar-refractivity contribution is 6.06. The van der Waals surface area contributed by atoms with Gasteiger partial charge in [-0.2, -0.15) is 0 Å². The molecule has 0 unspecified atom stereocenters. The summed E-state index contributed by atoms with van der Waals surface area (Å²) in [6.45, 7) is 0. The fraction of sp³-hybridized carbons (Fsp3) is 0. The fourth-order valence-electron chi connectivity index (χ4n) is 8.69. The number of benzene rings is 10. The first-order chi connectivity index (χ1) is 29.7. The van der Waals surface area contributed by atoms with Gasteiger partial charge < -0.3 is 9.32 Å². The van der Waals surface area contributed by atoms with Gasteiger partial charge in [-0.25, -0.2) is 0 Å². The molecule has 0 saturated carbocycles. The summed E-state index contributed by atoms with van der Waals surface area (Å²) in [5, 5.41) is 4.74. The van der Waals surface area contributed by atoms with Gasteiger partial charge in [-0.05, 0) is 128 Å². The first-order valence-electron chi connectivity index (χ1n) is 20.5. The fourth-order valence-corrected chi connectivity index (χ4v) is 8.69. The molecule has 0 fully saturated rings. The van der Waals surface area contributed by atoms with Crippen LogP contribution in [0.3, 0.4) is 0 Å². The van der Waals surface area contributed by atoms with Crippen LogP contribution in [0.4, 0.5) is 17.1 Å². The molecule has 10 aromatic carbocycles. The lowest BCUT2D eigenvalue weighted by atomic mass is 9.93. The van der Waals surface area contributed by atoms with Gasteiger partial charge in [0, 0.05) is 27.7 Å². The van der Waals surface area contributed by atoms with Gasteiger partial charge in [0.1, 0.15) is 11.2 Å². The molecule has 0 aliphatic carbocycles. The van der Waals surface area contributed by atoms with Crippen LogP contribution >= 0.6 is 0 Å². The molecule has 2 heteroatoms. The van der Waals surface area contributed by atoms with Crippen molar-refractivity contribution < 1.29 is 4.42 Å². The summed E-state index contributed by atoms with van der Waals surface area (Å²) >= 11 is 0. The molecule has 0 saturated heterocycles. The SMILES string of the molecule is c1ccc(-c2cc(-c3ccccc3)cc(-c3ccc(N(c4ccc(-c5cccc6ccccc56)cc4)c4ccccc4-c4ccc5c(c4)oc4ccccc45)cc3)c2)cc1. The van der Waals surface area contributed by atoms with Crippen molar-refractivity contribution in [2.75, 3.05) is 4.90 Å². The lowest BCUT2D eigenvalue weighted by Gasteiger charge is -2.28. The minimum absolute atomic E-state index is 0.881. The normalized spacial score (nSPS) is 11.3. The molecule has 11 rings (SSSR count).